The van der Waals surface area contributed by atoms with Gasteiger partial charge in [-0.15, -0.1) is 0 Å². The molecule has 1 saturated heterocycles. The van der Waals surface area contributed by atoms with Crippen molar-refractivity contribution in [2.24, 2.45) is 0 Å². The average Bonchev–Trinajstić information content (AvgIpc) is 3.51. The fourth-order valence-electron chi connectivity index (χ4n) is 4.44. The van der Waals surface area contributed by atoms with Crippen LogP contribution < -0.4 is 10.2 Å². The summed E-state index contributed by atoms with van der Waals surface area (Å²) < 4.78 is 5.89. The van der Waals surface area contributed by atoms with Crippen molar-refractivity contribution in [1.82, 2.24) is 15.2 Å². The van der Waals surface area contributed by atoms with E-state index in [0.29, 0.717) is 30.1 Å². The number of amides is 3. The molecule has 2 aliphatic rings. The van der Waals surface area contributed by atoms with Crippen LogP contribution in [0, 0.1) is 0 Å². The number of anilines is 1. The standard InChI is InChI=1S/C24H24N4O4/c29-21(12-6-14-28-22(30)17-8-1-2-9-18(17)23(28)31)25-15-16-7-5-13-27(16)24-26-19-10-3-4-11-20(19)32-24/h1-4,8-11,16H,5-7,12-15H2,(H,25,29). The van der Waals surface area contributed by atoms with E-state index in [4.69, 9.17) is 4.42 Å². The minimum absolute atomic E-state index is 0.0916. The van der Waals surface area contributed by atoms with Gasteiger partial charge in [0.25, 0.3) is 17.8 Å². The maximum atomic E-state index is 12.4. The fraction of sp³-hybridized carbons (Fsp3) is 0.333. The average molecular weight is 432 g/mol. The van der Waals surface area contributed by atoms with Crippen molar-refractivity contribution in [3.63, 3.8) is 0 Å². The van der Waals surface area contributed by atoms with E-state index < -0.39 is 0 Å². The third-order valence-electron chi connectivity index (χ3n) is 6.10. The second-order valence-electron chi connectivity index (χ2n) is 8.17. The van der Waals surface area contributed by atoms with Gasteiger partial charge in [-0.1, -0.05) is 24.3 Å². The predicted molar refractivity (Wildman–Crippen MR) is 118 cm³/mol. The summed E-state index contributed by atoms with van der Waals surface area (Å²) >= 11 is 0. The first-order chi connectivity index (χ1) is 15.6. The van der Waals surface area contributed by atoms with E-state index >= 15 is 0 Å². The number of hydrogen-bond acceptors (Lipinski definition) is 6. The van der Waals surface area contributed by atoms with Gasteiger partial charge in [0.15, 0.2) is 5.58 Å². The molecule has 1 unspecified atom stereocenters. The number of hydrogen-bond donors (Lipinski definition) is 1. The lowest BCUT2D eigenvalue weighted by molar-refractivity contribution is -0.121. The van der Waals surface area contributed by atoms with Crippen molar-refractivity contribution < 1.29 is 18.8 Å². The molecule has 0 radical (unpaired) electrons. The van der Waals surface area contributed by atoms with Crippen LogP contribution in [0.1, 0.15) is 46.4 Å². The quantitative estimate of drug-likeness (QED) is 0.577. The highest BCUT2D eigenvalue weighted by Crippen LogP contribution is 2.28. The Balaban J connectivity index is 1.11. The van der Waals surface area contributed by atoms with Crippen LogP contribution in [0.2, 0.25) is 0 Å². The number of carbonyl (C=O) groups is 3. The molecule has 164 valence electrons. The molecule has 0 bridgehead atoms. The normalized spacial score (nSPS) is 17.9. The molecule has 1 atom stereocenters. The third kappa shape index (κ3) is 3.72. The summed E-state index contributed by atoms with van der Waals surface area (Å²) in [5.74, 6) is -0.664. The molecular formula is C24H24N4O4. The van der Waals surface area contributed by atoms with Crippen molar-refractivity contribution in [1.29, 1.82) is 0 Å². The van der Waals surface area contributed by atoms with Gasteiger partial charge in [0.2, 0.25) is 5.91 Å². The Morgan fingerprint density at radius 2 is 1.78 bits per heavy atom. The van der Waals surface area contributed by atoms with Gasteiger partial charge in [-0.25, -0.2) is 0 Å². The van der Waals surface area contributed by atoms with Gasteiger partial charge in [-0.05, 0) is 43.5 Å². The largest absolute Gasteiger partial charge is 0.423 e. The monoisotopic (exact) mass is 432 g/mol. The van der Waals surface area contributed by atoms with Crippen LogP contribution in [0.4, 0.5) is 6.01 Å². The molecule has 0 saturated carbocycles. The Morgan fingerprint density at radius 3 is 2.53 bits per heavy atom. The summed E-state index contributed by atoms with van der Waals surface area (Å²) in [4.78, 5) is 45.1. The lowest BCUT2D eigenvalue weighted by Crippen LogP contribution is -2.40. The molecular weight excluding hydrogens is 408 g/mol. The van der Waals surface area contributed by atoms with E-state index in [1.807, 2.05) is 24.3 Å². The molecule has 3 aromatic rings. The van der Waals surface area contributed by atoms with E-state index in [-0.39, 0.29) is 36.7 Å². The molecule has 0 aliphatic carbocycles. The number of carbonyl (C=O) groups excluding carboxylic acids is 3. The summed E-state index contributed by atoms with van der Waals surface area (Å²) in [7, 11) is 0. The van der Waals surface area contributed by atoms with Gasteiger partial charge >= 0.3 is 0 Å². The zero-order valence-electron chi connectivity index (χ0n) is 17.6. The highest BCUT2D eigenvalue weighted by Gasteiger charge is 2.34. The van der Waals surface area contributed by atoms with Crippen LogP contribution in [-0.2, 0) is 4.79 Å². The fourth-order valence-corrected chi connectivity index (χ4v) is 4.44. The minimum atomic E-state index is -0.286. The van der Waals surface area contributed by atoms with Crippen LogP contribution in [0.3, 0.4) is 0 Å². The van der Waals surface area contributed by atoms with Gasteiger partial charge in [-0.2, -0.15) is 4.98 Å². The Labute approximate surface area is 185 Å². The zero-order valence-corrected chi connectivity index (χ0v) is 17.6. The van der Waals surface area contributed by atoms with E-state index in [0.717, 1.165) is 30.5 Å². The molecule has 8 heteroatoms. The zero-order chi connectivity index (χ0) is 22.1. The highest BCUT2D eigenvalue weighted by molar-refractivity contribution is 6.21. The number of rotatable bonds is 7. The second-order valence-corrected chi connectivity index (χ2v) is 8.17. The second kappa shape index (κ2) is 8.45. The van der Waals surface area contributed by atoms with Crippen molar-refractivity contribution >= 4 is 34.8 Å². The van der Waals surface area contributed by atoms with Crippen molar-refractivity contribution in [3.05, 3.63) is 59.7 Å². The lowest BCUT2D eigenvalue weighted by Gasteiger charge is -2.23. The minimum Gasteiger partial charge on any atom is -0.423 e. The van der Waals surface area contributed by atoms with E-state index in [9.17, 15) is 14.4 Å². The van der Waals surface area contributed by atoms with Crippen LogP contribution in [-0.4, -0.2) is 53.3 Å². The number of fused-ring (bicyclic) bond motifs is 2. The first kappa shape index (κ1) is 20.2. The number of benzene rings is 2. The van der Waals surface area contributed by atoms with E-state index in [1.54, 1.807) is 24.3 Å². The van der Waals surface area contributed by atoms with Gasteiger partial charge in [0.1, 0.15) is 5.52 Å². The number of imide groups is 1. The topological polar surface area (TPSA) is 95.8 Å². The molecule has 1 N–H and O–H groups in total. The number of para-hydroxylation sites is 2. The molecule has 1 fully saturated rings. The highest BCUT2D eigenvalue weighted by atomic mass is 16.4. The number of nitrogens with zero attached hydrogens (tertiary/aromatic N) is 3. The summed E-state index contributed by atoms with van der Waals surface area (Å²) in [6, 6.07) is 15.2. The molecule has 3 heterocycles. The number of oxazole rings is 1. The Morgan fingerprint density at radius 1 is 1.06 bits per heavy atom. The van der Waals surface area contributed by atoms with Crippen LogP contribution in [0.25, 0.3) is 11.1 Å². The molecule has 2 aromatic carbocycles. The first-order valence-electron chi connectivity index (χ1n) is 11.0. The molecule has 3 amide bonds. The third-order valence-corrected chi connectivity index (χ3v) is 6.10. The Hall–Kier alpha value is -3.68. The maximum Gasteiger partial charge on any atom is 0.298 e. The first-order valence-corrected chi connectivity index (χ1v) is 11.0. The Kier molecular flexibility index (Phi) is 5.34. The Bertz CT molecular complexity index is 1120. The van der Waals surface area contributed by atoms with E-state index in [1.165, 1.54) is 4.90 Å². The maximum absolute atomic E-state index is 12.4. The summed E-state index contributed by atoms with van der Waals surface area (Å²) in [5, 5.41) is 2.98. The SMILES string of the molecule is O=C(CCCN1C(=O)c2ccccc2C1=O)NCC1CCCN1c1nc2ccccc2o1. The van der Waals surface area contributed by atoms with Crippen molar-refractivity contribution in [2.45, 2.75) is 31.7 Å². The van der Waals surface area contributed by atoms with Gasteiger partial charge in [0, 0.05) is 26.1 Å². The molecule has 0 spiro atoms. The summed E-state index contributed by atoms with van der Waals surface area (Å²) in [5.41, 5.74) is 2.45. The van der Waals surface area contributed by atoms with Gasteiger partial charge in [-0.3, -0.25) is 19.3 Å². The molecule has 32 heavy (non-hydrogen) atoms. The van der Waals surface area contributed by atoms with Crippen molar-refractivity contribution in [2.75, 3.05) is 24.5 Å². The van der Waals surface area contributed by atoms with Gasteiger partial charge in [0.05, 0.1) is 17.2 Å². The lowest BCUT2D eigenvalue weighted by atomic mass is 10.1. The van der Waals surface area contributed by atoms with Crippen molar-refractivity contribution in [3.8, 4) is 0 Å². The molecule has 8 nitrogen and oxygen atoms in total. The predicted octanol–water partition coefficient (Wildman–Crippen LogP) is 2.99. The molecule has 5 rings (SSSR count). The van der Waals surface area contributed by atoms with Crippen LogP contribution >= 0.6 is 0 Å². The summed E-state index contributed by atoms with van der Waals surface area (Å²) in [6.07, 6.45) is 2.65. The van der Waals surface area contributed by atoms with E-state index in [2.05, 4.69) is 15.2 Å². The van der Waals surface area contributed by atoms with Crippen LogP contribution in [0.5, 0.6) is 0 Å². The number of nitrogens with one attached hydrogen (secondary N) is 1. The molecule has 1 aromatic heterocycles. The number of aromatic nitrogens is 1. The summed E-state index contributed by atoms with van der Waals surface area (Å²) in [6.45, 7) is 1.58. The molecule has 2 aliphatic heterocycles. The smallest absolute Gasteiger partial charge is 0.298 e. The van der Waals surface area contributed by atoms with Gasteiger partial charge < -0.3 is 14.6 Å². The van der Waals surface area contributed by atoms with Crippen LogP contribution in [0.15, 0.2) is 52.9 Å².